The third kappa shape index (κ3) is 1.72. The highest BCUT2D eigenvalue weighted by atomic mass is 79.9. The first kappa shape index (κ1) is 11.2. The van der Waals surface area contributed by atoms with Crippen molar-refractivity contribution in [1.29, 1.82) is 0 Å². The summed E-state index contributed by atoms with van der Waals surface area (Å²) in [6.45, 7) is 1.80. The number of hydrogen-bond donors (Lipinski definition) is 2. The number of non-ortho nitro benzene ring substituents is 1. The molecule has 2 rings (SSSR count). The Hall–Kier alpha value is -1.34. The summed E-state index contributed by atoms with van der Waals surface area (Å²) in [7, 11) is 1.55. The van der Waals surface area contributed by atoms with Gasteiger partial charge in [-0.3, -0.25) is 10.1 Å². The molecule has 1 heterocycles. The van der Waals surface area contributed by atoms with Crippen LogP contribution < -0.4 is 10.6 Å². The lowest BCUT2D eigenvalue weighted by Gasteiger charge is -2.23. The van der Waals surface area contributed by atoms with E-state index in [1.165, 1.54) is 12.1 Å². The molecule has 0 radical (unpaired) electrons. The van der Waals surface area contributed by atoms with Crippen molar-refractivity contribution in [2.45, 2.75) is 12.8 Å². The molecule has 1 atom stereocenters. The van der Waals surface area contributed by atoms with Crippen LogP contribution >= 0.6 is 15.9 Å². The summed E-state index contributed by atoms with van der Waals surface area (Å²) in [6.07, 6.45) is 0. The minimum atomic E-state index is -0.736. The van der Waals surface area contributed by atoms with E-state index in [0.717, 1.165) is 5.69 Å². The topological polar surface area (TPSA) is 76.4 Å². The van der Waals surface area contributed by atoms with Gasteiger partial charge in [-0.2, -0.15) is 0 Å². The van der Waals surface area contributed by atoms with Gasteiger partial charge in [-0.25, -0.2) is 0 Å². The number of halogens is 1. The highest BCUT2D eigenvalue weighted by Gasteiger charge is 2.33. The second-order valence-corrected chi connectivity index (χ2v) is 4.45. The lowest BCUT2D eigenvalue weighted by molar-refractivity contribution is -0.384. The van der Waals surface area contributed by atoms with Crippen LogP contribution in [0.3, 0.4) is 0 Å². The Morgan fingerprint density at radius 1 is 1.50 bits per heavy atom. The van der Waals surface area contributed by atoms with Gasteiger partial charge in [-0.1, -0.05) is 0 Å². The summed E-state index contributed by atoms with van der Waals surface area (Å²) in [5.41, 5.74) is 1.43. The van der Waals surface area contributed by atoms with Crippen molar-refractivity contribution in [1.82, 2.24) is 0 Å². The van der Waals surface area contributed by atoms with Gasteiger partial charge in [0.25, 0.3) is 5.69 Å². The number of nitro benzene ring substituents is 1. The zero-order chi connectivity index (χ0) is 11.9. The van der Waals surface area contributed by atoms with Crippen LogP contribution in [-0.2, 0) is 4.74 Å². The molecule has 0 amide bonds. The maximum atomic E-state index is 10.7. The molecule has 0 bridgehead atoms. The van der Waals surface area contributed by atoms with E-state index >= 15 is 0 Å². The number of methoxy groups -OCH3 is 1. The molecule has 1 aliphatic heterocycles. The van der Waals surface area contributed by atoms with Crippen LogP contribution in [0.25, 0.3) is 0 Å². The molecule has 16 heavy (non-hydrogen) atoms. The van der Waals surface area contributed by atoms with Gasteiger partial charge < -0.3 is 15.4 Å². The van der Waals surface area contributed by atoms with Crippen molar-refractivity contribution in [3.63, 3.8) is 0 Å². The van der Waals surface area contributed by atoms with Crippen molar-refractivity contribution >= 4 is 33.0 Å². The number of hydrogen-bond acceptors (Lipinski definition) is 5. The molecule has 1 unspecified atom stereocenters. The molecule has 0 aliphatic carbocycles. The molecule has 0 spiro atoms. The van der Waals surface area contributed by atoms with Crippen molar-refractivity contribution in [2.75, 3.05) is 17.7 Å². The van der Waals surface area contributed by atoms with E-state index < -0.39 is 10.8 Å². The Balaban J connectivity index is 2.46. The predicted molar refractivity (Wildman–Crippen MR) is 63.5 cm³/mol. The van der Waals surface area contributed by atoms with E-state index in [-0.39, 0.29) is 5.69 Å². The van der Waals surface area contributed by atoms with Gasteiger partial charge in [0.05, 0.1) is 16.3 Å². The summed E-state index contributed by atoms with van der Waals surface area (Å²) < 4.78 is 5.85. The van der Waals surface area contributed by atoms with E-state index in [0.29, 0.717) is 10.2 Å². The molecule has 1 aliphatic rings. The minimum Gasteiger partial charge on any atom is -0.342 e. The van der Waals surface area contributed by atoms with Crippen LogP contribution in [0, 0.1) is 10.1 Å². The average molecular weight is 288 g/mol. The van der Waals surface area contributed by atoms with Gasteiger partial charge in [0.2, 0.25) is 5.85 Å². The van der Waals surface area contributed by atoms with Gasteiger partial charge >= 0.3 is 0 Å². The summed E-state index contributed by atoms with van der Waals surface area (Å²) in [5.74, 6) is -0.736. The summed E-state index contributed by atoms with van der Waals surface area (Å²) >= 11 is 3.28. The monoisotopic (exact) mass is 287 g/mol. The van der Waals surface area contributed by atoms with Crippen molar-refractivity contribution < 1.29 is 9.66 Å². The molecular weight excluding hydrogens is 278 g/mol. The fourth-order valence-electron chi connectivity index (χ4n) is 1.55. The molecule has 86 valence electrons. The molecule has 7 heteroatoms. The number of benzene rings is 1. The Morgan fingerprint density at radius 2 is 2.19 bits per heavy atom. The third-order valence-corrected chi connectivity index (χ3v) is 3.06. The van der Waals surface area contributed by atoms with Crippen molar-refractivity contribution in [3.8, 4) is 0 Å². The Kier molecular flexibility index (Phi) is 2.51. The number of fused-ring (bicyclic) bond motifs is 1. The van der Waals surface area contributed by atoms with Crippen molar-refractivity contribution in [2.24, 2.45) is 0 Å². The van der Waals surface area contributed by atoms with Crippen LogP contribution in [0.2, 0.25) is 0 Å². The normalized spacial score (nSPS) is 22.2. The third-order valence-electron chi connectivity index (χ3n) is 2.43. The number of nitro groups is 1. The highest BCUT2D eigenvalue weighted by molar-refractivity contribution is 9.10. The lowest BCUT2D eigenvalue weighted by Crippen LogP contribution is -2.40. The van der Waals surface area contributed by atoms with Crippen LogP contribution in [0.15, 0.2) is 16.6 Å². The first-order valence-electron chi connectivity index (χ1n) is 4.54. The lowest BCUT2D eigenvalue weighted by atomic mass is 10.2. The van der Waals surface area contributed by atoms with Crippen molar-refractivity contribution in [3.05, 3.63) is 26.7 Å². The Bertz CT molecular complexity index is 466. The largest absolute Gasteiger partial charge is 0.342 e. The second kappa shape index (κ2) is 3.60. The molecule has 0 aromatic heterocycles. The number of ether oxygens (including phenoxy) is 1. The van der Waals surface area contributed by atoms with Gasteiger partial charge in [0.15, 0.2) is 0 Å². The van der Waals surface area contributed by atoms with Gasteiger partial charge in [0, 0.05) is 30.6 Å². The average Bonchev–Trinajstić information content (AvgIpc) is 2.56. The highest BCUT2D eigenvalue weighted by Crippen LogP contribution is 2.42. The van der Waals surface area contributed by atoms with E-state index in [2.05, 4.69) is 26.6 Å². The molecule has 1 aromatic rings. The van der Waals surface area contributed by atoms with Crippen LogP contribution in [0.1, 0.15) is 6.92 Å². The number of nitrogens with one attached hydrogen (secondary N) is 2. The SMILES string of the molecule is COC1(C)Nc2cc([N+](=O)[O-])cc(Br)c2N1. The van der Waals surface area contributed by atoms with E-state index in [9.17, 15) is 10.1 Å². The maximum Gasteiger partial charge on any atom is 0.272 e. The van der Waals surface area contributed by atoms with Gasteiger partial charge in [-0.05, 0) is 15.9 Å². The quantitative estimate of drug-likeness (QED) is 0.646. The molecule has 6 nitrogen and oxygen atoms in total. The number of anilines is 2. The summed E-state index contributed by atoms with van der Waals surface area (Å²) in [5, 5.41) is 16.8. The summed E-state index contributed by atoms with van der Waals surface area (Å²) in [4.78, 5) is 10.3. The predicted octanol–water partition coefficient (Wildman–Crippen LogP) is 2.51. The zero-order valence-electron chi connectivity index (χ0n) is 8.70. The fraction of sp³-hybridized carbons (Fsp3) is 0.333. The summed E-state index contributed by atoms with van der Waals surface area (Å²) in [6, 6.07) is 2.92. The van der Waals surface area contributed by atoms with Crippen LogP contribution in [0.5, 0.6) is 0 Å². The molecule has 0 saturated carbocycles. The second-order valence-electron chi connectivity index (χ2n) is 3.59. The van der Waals surface area contributed by atoms with E-state index in [4.69, 9.17) is 4.74 Å². The first-order valence-corrected chi connectivity index (χ1v) is 5.34. The molecule has 1 aromatic carbocycles. The maximum absolute atomic E-state index is 10.7. The molecular formula is C9H10BrN3O3. The minimum absolute atomic E-state index is 0.0280. The fourth-order valence-corrected chi connectivity index (χ4v) is 2.10. The number of nitrogens with zero attached hydrogens (tertiary/aromatic N) is 1. The molecule has 2 N–H and O–H groups in total. The van der Waals surface area contributed by atoms with Crippen LogP contribution in [0.4, 0.5) is 17.1 Å². The zero-order valence-corrected chi connectivity index (χ0v) is 10.3. The molecule has 0 saturated heterocycles. The Labute approximate surface area is 100 Å². The smallest absolute Gasteiger partial charge is 0.272 e. The van der Waals surface area contributed by atoms with Gasteiger partial charge in [0.1, 0.15) is 0 Å². The molecule has 0 fully saturated rings. The van der Waals surface area contributed by atoms with E-state index in [1.54, 1.807) is 14.0 Å². The first-order chi connectivity index (χ1) is 7.45. The van der Waals surface area contributed by atoms with Crippen LogP contribution in [-0.4, -0.2) is 17.9 Å². The Morgan fingerprint density at radius 3 is 2.75 bits per heavy atom. The number of rotatable bonds is 2. The standard InChI is InChI=1S/C9H10BrN3O3/c1-9(16-2)11-7-4-5(13(14)15)3-6(10)8(7)12-9/h3-4,11-12H,1-2H3. The van der Waals surface area contributed by atoms with E-state index in [1.807, 2.05) is 0 Å². The van der Waals surface area contributed by atoms with Gasteiger partial charge in [-0.15, -0.1) is 0 Å².